The van der Waals surface area contributed by atoms with Gasteiger partial charge in [0.15, 0.2) is 0 Å². The largest absolute Gasteiger partial charge is 0.398 e. The zero-order valence-corrected chi connectivity index (χ0v) is 17.7. The molecule has 1 atom stereocenters. The van der Waals surface area contributed by atoms with Crippen LogP contribution in [-0.4, -0.2) is 23.4 Å². The van der Waals surface area contributed by atoms with E-state index in [1.807, 2.05) is 11.0 Å². The quantitative estimate of drug-likeness (QED) is 0.610. The predicted octanol–water partition coefficient (Wildman–Crippen LogP) is 5.30. The summed E-state index contributed by atoms with van der Waals surface area (Å²) in [4.78, 5) is 15.2. The molecule has 1 aromatic rings. The zero-order chi connectivity index (χ0) is 20.0. The predicted molar refractivity (Wildman–Crippen MR) is 117 cm³/mol. The number of carbonyl (C=O) groups excluding carboxylic acids is 1. The Morgan fingerprint density at radius 2 is 2.00 bits per heavy atom. The highest BCUT2D eigenvalue weighted by Gasteiger charge is 2.30. The van der Waals surface area contributed by atoms with Gasteiger partial charge in [0.2, 0.25) is 5.91 Å². The van der Waals surface area contributed by atoms with Crippen molar-refractivity contribution in [2.45, 2.75) is 72.9 Å². The number of allylic oxidation sites excluding steroid dienone is 1. The van der Waals surface area contributed by atoms with Gasteiger partial charge in [0.05, 0.1) is 0 Å². The minimum absolute atomic E-state index is 0.181. The molecule has 1 aromatic carbocycles. The van der Waals surface area contributed by atoms with Gasteiger partial charge in [-0.1, -0.05) is 53.2 Å². The smallest absolute Gasteiger partial charge is 0.245 e. The van der Waals surface area contributed by atoms with Crippen LogP contribution in [0.25, 0.3) is 6.08 Å². The molecule has 4 heteroatoms. The summed E-state index contributed by atoms with van der Waals surface area (Å²) >= 11 is 0. The van der Waals surface area contributed by atoms with Gasteiger partial charge in [-0.15, -0.1) is 0 Å². The van der Waals surface area contributed by atoms with E-state index in [2.05, 4.69) is 58.2 Å². The second-order valence-electron chi connectivity index (χ2n) is 8.60. The molecule has 3 N–H and O–H groups in total. The molecule has 0 unspecified atom stereocenters. The number of rotatable bonds is 8. The fourth-order valence-electron chi connectivity index (χ4n) is 3.45. The molecule has 0 fully saturated rings. The van der Waals surface area contributed by atoms with Crippen molar-refractivity contribution in [2.75, 3.05) is 17.6 Å². The van der Waals surface area contributed by atoms with Crippen molar-refractivity contribution in [3.63, 3.8) is 0 Å². The van der Waals surface area contributed by atoms with Crippen molar-refractivity contribution in [1.29, 1.82) is 0 Å². The molecule has 0 saturated carbocycles. The number of carbonyl (C=O) groups is 1. The molecule has 0 radical (unpaired) electrons. The lowest BCUT2D eigenvalue weighted by Crippen LogP contribution is -2.41. The van der Waals surface area contributed by atoms with E-state index in [-0.39, 0.29) is 11.9 Å². The second kappa shape index (κ2) is 9.82. The molecule has 1 aliphatic rings. The molecule has 1 aliphatic heterocycles. The van der Waals surface area contributed by atoms with E-state index < -0.39 is 0 Å². The van der Waals surface area contributed by atoms with Gasteiger partial charge in [-0.25, -0.2) is 0 Å². The monoisotopic (exact) mass is 371 g/mol. The van der Waals surface area contributed by atoms with E-state index in [0.29, 0.717) is 18.4 Å². The molecule has 1 amide bonds. The number of benzene rings is 1. The third-order valence-corrected chi connectivity index (χ3v) is 5.05. The molecule has 0 aliphatic carbocycles. The first-order valence-corrected chi connectivity index (χ1v) is 10.5. The molecule has 0 saturated heterocycles. The van der Waals surface area contributed by atoms with Crippen LogP contribution in [0.2, 0.25) is 0 Å². The van der Waals surface area contributed by atoms with E-state index >= 15 is 0 Å². The third kappa shape index (κ3) is 6.02. The number of amides is 1. The summed E-state index contributed by atoms with van der Waals surface area (Å²) in [5.41, 5.74) is 10.3. The summed E-state index contributed by atoms with van der Waals surface area (Å²) in [7, 11) is 0. The lowest BCUT2D eigenvalue weighted by molar-refractivity contribution is -0.132. The summed E-state index contributed by atoms with van der Waals surface area (Å²) in [5, 5.41) is 3.50. The van der Waals surface area contributed by atoms with Crippen LogP contribution < -0.4 is 11.1 Å². The highest BCUT2D eigenvalue weighted by molar-refractivity contribution is 5.87. The van der Waals surface area contributed by atoms with Gasteiger partial charge in [0.25, 0.3) is 0 Å². The number of nitrogens with zero attached hydrogens (tertiary/aromatic N) is 1. The van der Waals surface area contributed by atoms with Crippen LogP contribution in [0.3, 0.4) is 0 Å². The summed E-state index contributed by atoms with van der Waals surface area (Å²) in [6, 6.07) is 3.98. The van der Waals surface area contributed by atoms with E-state index in [1.165, 1.54) is 0 Å². The molecule has 1 heterocycles. The van der Waals surface area contributed by atoms with Crippen LogP contribution in [0.15, 0.2) is 18.2 Å². The molecule has 0 spiro atoms. The molecule has 0 bridgehead atoms. The maximum absolute atomic E-state index is 13.2. The van der Waals surface area contributed by atoms with Crippen molar-refractivity contribution in [2.24, 2.45) is 11.8 Å². The van der Waals surface area contributed by atoms with Gasteiger partial charge in [-0.05, 0) is 54.4 Å². The molecular weight excluding hydrogens is 334 g/mol. The van der Waals surface area contributed by atoms with Crippen LogP contribution >= 0.6 is 0 Å². The van der Waals surface area contributed by atoms with Crippen LogP contribution in [0, 0.1) is 11.8 Å². The van der Waals surface area contributed by atoms with Gasteiger partial charge in [0, 0.05) is 24.5 Å². The average Bonchev–Trinajstić information content (AvgIpc) is 2.70. The first-order chi connectivity index (χ1) is 12.8. The number of nitrogens with two attached hydrogens (primary N) is 1. The highest BCUT2D eigenvalue weighted by Crippen LogP contribution is 2.30. The Morgan fingerprint density at radius 1 is 1.26 bits per heavy atom. The maximum Gasteiger partial charge on any atom is 0.245 e. The Kier molecular flexibility index (Phi) is 7.76. The van der Waals surface area contributed by atoms with Gasteiger partial charge in [-0.2, -0.15) is 0 Å². The third-order valence-electron chi connectivity index (χ3n) is 5.05. The zero-order valence-electron chi connectivity index (χ0n) is 17.7. The van der Waals surface area contributed by atoms with Gasteiger partial charge in [0.1, 0.15) is 6.04 Å². The Hall–Kier alpha value is -1.97. The minimum atomic E-state index is -0.181. The summed E-state index contributed by atoms with van der Waals surface area (Å²) in [6.07, 6.45) is 8.30. The number of hydrogen-bond donors (Lipinski definition) is 2. The summed E-state index contributed by atoms with van der Waals surface area (Å²) in [6.45, 7) is 12.4. The first-order valence-electron chi connectivity index (χ1n) is 10.5. The van der Waals surface area contributed by atoms with Crippen LogP contribution in [-0.2, 0) is 11.3 Å². The number of nitrogen functional groups attached to an aromatic ring is 1. The average molecular weight is 372 g/mol. The van der Waals surface area contributed by atoms with Gasteiger partial charge < -0.3 is 16.0 Å². The number of anilines is 2. The van der Waals surface area contributed by atoms with Gasteiger partial charge in [-0.3, -0.25) is 4.79 Å². The Bertz CT molecular complexity index is 664. The maximum atomic E-state index is 13.2. The van der Waals surface area contributed by atoms with Crippen LogP contribution in [0.1, 0.15) is 71.4 Å². The van der Waals surface area contributed by atoms with Gasteiger partial charge >= 0.3 is 0 Å². The molecule has 0 aromatic heterocycles. The van der Waals surface area contributed by atoms with Crippen molar-refractivity contribution in [3.8, 4) is 0 Å². The van der Waals surface area contributed by atoms with E-state index in [1.54, 1.807) is 0 Å². The Morgan fingerprint density at radius 3 is 2.63 bits per heavy atom. The fraction of sp³-hybridized carbons (Fsp3) is 0.609. The second-order valence-corrected chi connectivity index (χ2v) is 8.60. The topological polar surface area (TPSA) is 58.4 Å². The number of unbranched alkanes of at least 4 members (excludes halogenated alkanes) is 1. The summed E-state index contributed by atoms with van der Waals surface area (Å²) < 4.78 is 0. The SMILES string of the molecule is CCC/C=C/c1cc2c(cc1N)N[C@@H](CC(C)C)C(=O)N(CCC(C)C)C2. The number of fused-ring (bicyclic) bond motifs is 1. The molecule has 27 heavy (non-hydrogen) atoms. The van der Waals surface area contributed by atoms with Crippen LogP contribution in [0.4, 0.5) is 11.4 Å². The van der Waals surface area contributed by atoms with Crippen molar-refractivity contribution in [3.05, 3.63) is 29.3 Å². The molecule has 4 nitrogen and oxygen atoms in total. The van der Waals surface area contributed by atoms with Crippen molar-refractivity contribution in [1.82, 2.24) is 4.90 Å². The van der Waals surface area contributed by atoms with Crippen LogP contribution in [0.5, 0.6) is 0 Å². The number of nitrogens with one attached hydrogen (secondary N) is 1. The highest BCUT2D eigenvalue weighted by atomic mass is 16.2. The lowest BCUT2D eigenvalue weighted by Gasteiger charge is -2.26. The van der Waals surface area contributed by atoms with Crippen molar-refractivity contribution >= 4 is 23.4 Å². The Labute approximate surface area is 165 Å². The minimum Gasteiger partial charge on any atom is -0.398 e. The molecular formula is C23H37N3O. The normalized spacial score (nSPS) is 17.5. The summed E-state index contributed by atoms with van der Waals surface area (Å²) in [5.74, 6) is 1.24. The Balaban J connectivity index is 2.35. The van der Waals surface area contributed by atoms with E-state index in [4.69, 9.17) is 5.73 Å². The standard InChI is InChI=1S/C23H37N3O/c1-6-7-8-9-18-13-19-15-26(11-10-16(2)3)23(27)22(12-17(4)5)25-21(19)14-20(18)24/h8-9,13-14,16-17,22,25H,6-7,10-12,15,24H2,1-5H3/b9-8+/t22-/m0/s1. The van der Waals surface area contributed by atoms with E-state index in [9.17, 15) is 4.79 Å². The molecule has 2 rings (SSSR count). The fourth-order valence-corrected chi connectivity index (χ4v) is 3.45. The first kappa shape index (κ1) is 21.3. The van der Waals surface area contributed by atoms with E-state index in [0.717, 1.165) is 54.7 Å². The van der Waals surface area contributed by atoms with Crippen molar-refractivity contribution < 1.29 is 4.79 Å². The lowest BCUT2D eigenvalue weighted by atomic mass is 10.0. The molecule has 150 valence electrons. The number of hydrogen-bond acceptors (Lipinski definition) is 3.